The molecule has 1 aromatic rings. The van der Waals surface area contributed by atoms with Crippen molar-refractivity contribution in [2.45, 2.75) is 57.8 Å². The number of carbonyl (C=O) groups excluding carboxylic acids is 1. The lowest BCUT2D eigenvalue weighted by Gasteiger charge is -2.34. The summed E-state index contributed by atoms with van der Waals surface area (Å²) in [6, 6.07) is 0.270. The van der Waals surface area contributed by atoms with Gasteiger partial charge in [0.15, 0.2) is 0 Å². The topological polar surface area (TPSA) is 56.6 Å². The van der Waals surface area contributed by atoms with Crippen molar-refractivity contribution in [2.24, 2.45) is 0 Å². The van der Waals surface area contributed by atoms with Gasteiger partial charge in [0.2, 0.25) is 0 Å². The summed E-state index contributed by atoms with van der Waals surface area (Å²) in [5, 5.41) is 4.40. The number of nitrogens with zero attached hydrogens (tertiary/aromatic N) is 3. The quantitative estimate of drug-likeness (QED) is 0.831. The molecule has 3 heterocycles. The molecule has 1 aromatic heterocycles. The van der Waals surface area contributed by atoms with Crippen molar-refractivity contribution >= 4 is 5.91 Å². The van der Waals surface area contributed by atoms with Gasteiger partial charge >= 0.3 is 0 Å². The molecule has 3 atom stereocenters. The van der Waals surface area contributed by atoms with Crippen LogP contribution in [0.1, 0.15) is 44.2 Å². The zero-order chi connectivity index (χ0) is 16.2. The SMILES string of the molecule is Cc1cnn([C@@H]2CCCN(C(=O)[C@@H](C)OC[C@H]3CCCO3)C2)c1. The molecule has 0 bridgehead atoms. The van der Waals surface area contributed by atoms with Crippen molar-refractivity contribution in [1.82, 2.24) is 14.7 Å². The highest BCUT2D eigenvalue weighted by Crippen LogP contribution is 2.22. The minimum Gasteiger partial charge on any atom is -0.376 e. The highest BCUT2D eigenvalue weighted by atomic mass is 16.5. The highest BCUT2D eigenvalue weighted by molar-refractivity contribution is 5.80. The van der Waals surface area contributed by atoms with Gasteiger partial charge in [0.1, 0.15) is 6.10 Å². The minimum atomic E-state index is -0.405. The molecule has 23 heavy (non-hydrogen) atoms. The van der Waals surface area contributed by atoms with E-state index in [1.54, 1.807) is 0 Å². The molecular weight excluding hydrogens is 294 g/mol. The number of piperidine rings is 1. The molecule has 0 aromatic carbocycles. The van der Waals surface area contributed by atoms with E-state index in [2.05, 4.69) is 11.3 Å². The van der Waals surface area contributed by atoms with Gasteiger partial charge in [-0.3, -0.25) is 9.48 Å². The number of hydrogen-bond donors (Lipinski definition) is 0. The first-order valence-electron chi connectivity index (χ1n) is 8.66. The van der Waals surface area contributed by atoms with Gasteiger partial charge in [-0.25, -0.2) is 0 Å². The van der Waals surface area contributed by atoms with Gasteiger partial charge in [0, 0.05) is 25.9 Å². The summed E-state index contributed by atoms with van der Waals surface area (Å²) in [5.74, 6) is 0.0802. The Bertz CT molecular complexity index is 525. The van der Waals surface area contributed by atoms with Gasteiger partial charge < -0.3 is 14.4 Å². The maximum atomic E-state index is 12.6. The zero-order valence-corrected chi connectivity index (χ0v) is 14.1. The molecule has 0 unspecified atom stereocenters. The van der Waals surface area contributed by atoms with Crippen LogP contribution in [0.4, 0.5) is 0 Å². The maximum absolute atomic E-state index is 12.6. The van der Waals surface area contributed by atoms with Gasteiger partial charge in [-0.05, 0) is 45.1 Å². The zero-order valence-electron chi connectivity index (χ0n) is 14.1. The molecule has 0 saturated carbocycles. The first kappa shape index (κ1) is 16.5. The molecule has 0 spiro atoms. The van der Waals surface area contributed by atoms with Crippen molar-refractivity contribution < 1.29 is 14.3 Å². The van der Waals surface area contributed by atoms with Gasteiger partial charge in [-0.1, -0.05) is 0 Å². The van der Waals surface area contributed by atoms with Crippen LogP contribution in [0.25, 0.3) is 0 Å². The molecule has 2 fully saturated rings. The number of likely N-dealkylation sites (tertiary alicyclic amines) is 1. The molecule has 0 aliphatic carbocycles. The summed E-state index contributed by atoms with van der Waals surface area (Å²) in [6.45, 7) is 6.74. The fourth-order valence-corrected chi connectivity index (χ4v) is 3.36. The number of ether oxygens (including phenoxy) is 2. The number of aromatic nitrogens is 2. The lowest BCUT2D eigenvalue weighted by atomic mass is 10.1. The van der Waals surface area contributed by atoms with Crippen LogP contribution < -0.4 is 0 Å². The van der Waals surface area contributed by atoms with Crippen molar-refractivity contribution in [3.8, 4) is 0 Å². The Morgan fingerprint density at radius 1 is 1.48 bits per heavy atom. The van der Waals surface area contributed by atoms with E-state index >= 15 is 0 Å². The third-order valence-electron chi connectivity index (χ3n) is 4.72. The predicted octanol–water partition coefficient (Wildman–Crippen LogP) is 1.94. The smallest absolute Gasteiger partial charge is 0.251 e. The summed E-state index contributed by atoms with van der Waals surface area (Å²) in [5.41, 5.74) is 1.15. The second-order valence-electron chi connectivity index (χ2n) is 6.69. The first-order chi connectivity index (χ1) is 11.1. The first-order valence-corrected chi connectivity index (χ1v) is 8.66. The fourth-order valence-electron chi connectivity index (χ4n) is 3.36. The van der Waals surface area contributed by atoms with Gasteiger partial charge in [-0.15, -0.1) is 0 Å². The molecule has 0 radical (unpaired) electrons. The largest absolute Gasteiger partial charge is 0.376 e. The van der Waals surface area contributed by atoms with Crippen LogP contribution >= 0.6 is 0 Å². The molecular formula is C17H27N3O3. The Kier molecular flexibility index (Phi) is 5.33. The molecule has 2 saturated heterocycles. The van der Waals surface area contributed by atoms with E-state index in [9.17, 15) is 4.79 Å². The van der Waals surface area contributed by atoms with E-state index < -0.39 is 6.10 Å². The fraction of sp³-hybridized carbons (Fsp3) is 0.765. The molecule has 2 aliphatic rings. The van der Waals surface area contributed by atoms with Crippen LogP contribution in [0.5, 0.6) is 0 Å². The second-order valence-corrected chi connectivity index (χ2v) is 6.69. The van der Waals surface area contributed by atoms with Crippen LogP contribution in [0, 0.1) is 6.92 Å². The van der Waals surface area contributed by atoms with Crippen molar-refractivity contribution in [3.05, 3.63) is 18.0 Å². The van der Waals surface area contributed by atoms with Crippen molar-refractivity contribution in [3.63, 3.8) is 0 Å². The summed E-state index contributed by atoms with van der Waals surface area (Å²) in [4.78, 5) is 14.5. The van der Waals surface area contributed by atoms with Crippen LogP contribution in [0.2, 0.25) is 0 Å². The minimum absolute atomic E-state index is 0.0802. The molecule has 128 valence electrons. The monoisotopic (exact) mass is 321 g/mol. The standard InChI is InChI=1S/C17H27N3O3/c1-13-9-18-20(10-13)15-5-3-7-19(11-15)17(21)14(2)23-12-16-6-4-8-22-16/h9-10,14-16H,3-8,11-12H2,1-2H3/t14-,15-,16-/m1/s1. The number of carbonyl (C=O) groups is 1. The lowest BCUT2D eigenvalue weighted by molar-refractivity contribution is -0.146. The van der Waals surface area contributed by atoms with Gasteiger partial charge in [0.05, 0.1) is 24.9 Å². The van der Waals surface area contributed by atoms with E-state index in [0.717, 1.165) is 44.4 Å². The molecule has 1 amide bonds. The molecule has 6 nitrogen and oxygen atoms in total. The molecule has 3 rings (SSSR count). The normalized spacial score (nSPS) is 26.4. The maximum Gasteiger partial charge on any atom is 0.251 e. The summed E-state index contributed by atoms with van der Waals surface area (Å²) in [6.07, 6.45) is 7.87. The second kappa shape index (κ2) is 7.45. The Hall–Kier alpha value is -1.40. The predicted molar refractivity (Wildman–Crippen MR) is 86.2 cm³/mol. The van der Waals surface area contributed by atoms with E-state index in [1.165, 1.54) is 0 Å². The number of amides is 1. The molecule has 0 N–H and O–H groups in total. The van der Waals surface area contributed by atoms with Crippen molar-refractivity contribution in [2.75, 3.05) is 26.3 Å². The lowest BCUT2D eigenvalue weighted by Crippen LogP contribution is -2.45. The third kappa shape index (κ3) is 4.12. The highest BCUT2D eigenvalue weighted by Gasteiger charge is 2.29. The summed E-state index contributed by atoms with van der Waals surface area (Å²) in [7, 11) is 0. The number of rotatable bonds is 5. The van der Waals surface area contributed by atoms with Crippen molar-refractivity contribution in [1.29, 1.82) is 0 Å². The average molecular weight is 321 g/mol. The summed E-state index contributed by atoms with van der Waals surface area (Å²) >= 11 is 0. The third-order valence-corrected chi connectivity index (χ3v) is 4.72. The Balaban J connectivity index is 1.51. The van der Waals surface area contributed by atoms with E-state index in [-0.39, 0.29) is 18.1 Å². The van der Waals surface area contributed by atoms with Crippen LogP contribution in [0.15, 0.2) is 12.4 Å². The van der Waals surface area contributed by atoms with Gasteiger partial charge in [0.25, 0.3) is 5.91 Å². The summed E-state index contributed by atoms with van der Waals surface area (Å²) < 4.78 is 13.3. The number of hydrogen-bond acceptors (Lipinski definition) is 4. The van der Waals surface area contributed by atoms with Crippen LogP contribution in [0.3, 0.4) is 0 Å². The van der Waals surface area contributed by atoms with E-state index in [0.29, 0.717) is 13.2 Å². The molecule has 6 heteroatoms. The van der Waals surface area contributed by atoms with E-state index in [4.69, 9.17) is 9.47 Å². The van der Waals surface area contributed by atoms with E-state index in [1.807, 2.05) is 29.6 Å². The Labute approximate surface area is 137 Å². The molecule has 2 aliphatic heterocycles. The van der Waals surface area contributed by atoms with Crippen LogP contribution in [-0.2, 0) is 14.3 Å². The Morgan fingerprint density at radius 2 is 2.35 bits per heavy atom. The average Bonchev–Trinajstić information content (AvgIpc) is 3.23. The number of aryl methyl sites for hydroxylation is 1. The van der Waals surface area contributed by atoms with Gasteiger partial charge in [-0.2, -0.15) is 5.10 Å². The Morgan fingerprint density at radius 3 is 3.04 bits per heavy atom. The van der Waals surface area contributed by atoms with Crippen LogP contribution in [-0.4, -0.2) is 59.1 Å².